The molecule has 0 fully saturated rings. The zero-order chi connectivity index (χ0) is 22.1. The van der Waals surface area contributed by atoms with E-state index in [-0.39, 0.29) is 30.1 Å². The monoisotopic (exact) mass is 409 g/mol. The highest BCUT2D eigenvalue weighted by atomic mass is 16.7. The van der Waals surface area contributed by atoms with E-state index in [1.54, 1.807) is 30.3 Å². The average molecular weight is 409 g/mol. The first-order chi connectivity index (χ1) is 14.2. The third-order valence-electron chi connectivity index (χ3n) is 5.26. The van der Waals surface area contributed by atoms with Crippen LogP contribution in [0.5, 0.6) is 0 Å². The van der Waals surface area contributed by atoms with Gasteiger partial charge < -0.3 is 15.2 Å². The first-order valence-electron chi connectivity index (χ1n) is 9.65. The molecule has 0 saturated heterocycles. The number of fused-ring (bicyclic) bond motifs is 1. The lowest BCUT2D eigenvalue weighted by Gasteiger charge is -2.30. The molecule has 30 heavy (non-hydrogen) atoms. The third kappa shape index (κ3) is 3.58. The Morgan fingerprint density at radius 2 is 1.67 bits per heavy atom. The molecule has 0 spiro atoms. The molecule has 0 saturated carbocycles. The van der Waals surface area contributed by atoms with Crippen LogP contribution in [-0.2, 0) is 21.5 Å². The molecule has 0 heterocycles. The van der Waals surface area contributed by atoms with Crippen molar-refractivity contribution in [3.05, 3.63) is 70.3 Å². The number of ether oxygens (including phenoxy) is 1. The van der Waals surface area contributed by atoms with Gasteiger partial charge in [-0.15, -0.1) is 0 Å². The van der Waals surface area contributed by atoms with Gasteiger partial charge >= 0.3 is 6.16 Å². The number of nitrogens with one attached hydrogen (secondary N) is 1. The van der Waals surface area contributed by atoms with E-state index < -0.39 is 29.2 Å². The van der Waals surface area contributed by atoms with E-state index in [9.17, 15) is 19.2 Å². The average Bonchev–Trinajstić information content (AvgIpc) is 2.90. The first-order valence-corrected chi connectivity index (χ1v) is 9.65. The number of hydrogen-bond donors (Lipinski definition) is 2. The molecular formula is C23H23NO6. The van der Waals surface area contributed by atoms with Gasteiger partial charge in [0.15, 0.2) is 5.54 Å². The normalized spacial score (nSPS) is 14.5. The minimum atomic E-state index is -1.89. The van der Waals surface area contributed by atoms with Crippen LogP contribution < -0.4 is 5.32 Å². The number of carbonyl (C=O) groups excluding carboxylic acids is 3. The minimum Gasteiger partial charge on any atom is -0.450 e. The summed E-state index contributed by atoms with van der Waals surface area (Å²) in [5.74, 6) is -1.36. The molecule has 0 aromatic heterocycles. The SMILES string of the molecule is CC(=O)NC1(c2ccc(C(C)C)cc2CCOC(=O)O)C(=O)c2ccccc2C1=O. The molecule has 0 aliphatic heterocycles. The lowest BCUT2D eigenvalue weighted by molar-refractivity contribution is -0.120. The minimum absolute atomic E-state index is 0.143. The van der Waals surface area contributed by atoms with E-state index in [1.807, 2.05) is 26.0 Å². The maximum Gasteiger partial charge on any atom is 0.505 e. The number of Topliss-reactive ketones (excluding diaryl/α,β-unsaturated/α-hetero) is 2. The number of benzene rings is 2. The zero-order valence-corrected chi connectivity index (χ0v) is 17.0. The van der Waals surface area contributed by atoms with Crippen LogP contribution in [0, 0.1) is 0 Å². The molecule has 1 aliphatic carbocycles. The van der Waals surface area contributed by atoms with Gasteiger partial charge in [-0.3, -0.25) is 14.4 Å². The fourth-order valence-electron chi connectivity index (χ4n) is 3.87. The molecule has 1 aliphatic rings. The van der Waals surface area contributed by atoms with Crippen molar-refractivity contribution in [1.82, 2.24) is 5.32 Å². The standard InChI is InChI=1S/C23H23NO6/c1-13(2)15-8-9-19(16(12-15)10-11-30-22(28)29)23(24-14(3)25)20(26)17-6-4-5-7-18(17)21(23)27/h4-9,12-13H,10-11H2,1-3H3,(H,24,25)(H,28,29). The predicted molar refractivity (Wildman–Crippen MR) is 109 cm³/mol. The van der Waals surface area contributed by atoms with Crippen LogP contribution in [0.4, 0.5) is 4.79 Å². The number of ketones is 2. The molecule has 0 unspecified atom stereocenters. The summed E-state index contributed by atoms with van der Waals surface area (Å²) >= 11 is 0. The van der Waals surface area contributed by atoms with E-state index in [4.69, 9.17) is 5.11 Å². The van der Waals surface area contributed by atoms with Crippen LogP contribution in [0.15, 0.2) is 42.5 Å². The summed E-state index contributed by atoms with van der Waals surface area (Å²) in [6, 6.07) is 11.8. The Morgan fingerprint density at radius 3 is 2.17 bits per heavy atom. The van der Waals surface area contributed by atoms with Crippen LogP contribution in [-0.4, -0.2) is 35.3 Å². The molecule has 1 amide bonds. The third-order valence-corrected chi connectivity index (χ3v) is 5.26. The molecule has 0 radical (unpaired) electrons. The van der Waals surface area contributed by atoms with E-state index in [1.165, 1.54) is 6.92 Å². The molecule has 0 bridgehead atoms. The topological polar surface area (TPSA) is 110 Å². The summed E-state index contributed by atoms with van der Waals surface area (Å²) in [5, 5.41) is 11.4. The van der Waals surface area contributed by atoms with Crippen LogP contribution in [0.1, 0.15) is 64.1 Å². The maximum atomic E-state index is 13.5. The largest absolute Gasteiger partial charge is 0.505 e. The first kappa shape index (κ1) is 21.2. The van der Waals surface area contributed by atoms with Crippen molar-refractivity contribution in [2.45, 2.75) is 38.6 Å². The second-order valence-electron chi connectivity index (χ2n) is 7.57. The summed E-state index contributed by atoms with van der Waals surface area (Å²) in [6.07, 6.45) is -1.26. The highest BCUT2D eigenvalue weighted by Gasteiger charge is 2.55. The second kappa shape index (κ2) is 8.10. The van der Waals surface area contributed by atoms with E-state index in [0.717, 1.165) is 5.56 Å². The molecule has 0 atom stereocenters. The van der Waals surface area contributed by atoms with Gasteiger partial charge in [0.25, 0.3) is 0 Å². The summed E-state index contributed by atoms with van der Waals surface area (Å²) in [7, 11) is 0. The van der Waals surface area contributed by atoms with Crippen molar-refractivity contribution < 1.29 is 29.0 Å². The van der Waals surface area contributed by atoms with Crippen molar-refractivity contribution in [1.29, 1.82) is 0 Å². The van der Waals surface area contributed by atoms with E-state index in [0.29, 0.717) is 11.1 Å². The van der Waals surface area contributed by atoms with Crippen LogP contribution in [0.2, 0.25) is 0 Å². The van der Waals surface area contributed by atoms with Gasteiger partial charge in [-0.25, -0.2) is 4.79 Å². The van der Waals surface area contributed by atoms with Gasteiger partial charge in [0, 0.05) is 24.5 Å². The molecule has 7 heteroatoms. The van der Waals surface area contributed by atoms with Crippen molar-refractivity contribution in [3.63, 3.8) is 0 Å². The number of hydrogen-bond acceptors (Lipinski definition) is 5. The van der Waals surface area contributed by atoms with Gasteiger partial charge in [-0.2, -0.15) is 0 Å². The molecule has 7 nitrogen and oxygen atoms in total. The lowest BCUT2D eigenvalue weighted by atomic mass is 9.80. The van der Waals surface area contributed by atoms with Gasteiger partial charge in [0.05, 0.1) is 6.61 Å². The molecule has 156 valence electrons. The Kier molecular flexibility index (Phi) is 5.73. The summed E-state index contributed by atoms with van der Waals surface area (Å²) in [6.45, 7) is 5.10. The zero-order valence-electron chi connectivity index (χ0n) is 17.0. The molecular weight excluding hydrogens is 386 g/mol. The van der Waals surface area contributed by atoms with E-state index >= 15 is 0 Å². The van der Waals surface area contributed by atoms with Crippen molar-refractivity contribution in [3.8, 4) is 0 Å². The summed E-state index contributed by atoms with van der Waals surface area (Å²) < 4.78 is 4.65. The van der Waals surface area contributed by atoms with Crippen LogP contribution in [0.3, 0.4) is 0 Å². The Balaban J connectivity index is 2.20. The molecule has 2 aromatic rings. The van der Waals surface area contributed by atoms with Gasteiger partial charge in [-0.05, 0) is 22.6 Å². The predicted octanol–water partition coefficient (Wildman–Crippen LogP) is 3.46. The van der Waals surface area contributed by atoms with Gasteiger partial charge in [0.2, 0.25) is 17.5 Å². The molecule has 2 aromatic carbocycles. The lowest BCUT2D eigenvalue weighted by Crippen LogP contribution is -2.54. The highest BCUT2D eigenvalue weighted by molar-refractivity contribution is 6.33. The number of carbonyl (C=O) groups is 4. The molecule has 2 N–H and O–H groups in total. The number of amides is 1. The number of carboxylic acid groups (broad SMARTS) is 1. The fraction of sp³-hybridized carbons (Fsp3) is 0.304. The van der Waals surface area contributed by atoms with Crippen molar-refractivity contribution in [2.24, 2.45) is 0 Å². The van der Waals surface area contributed by atoms with Crippen molar-refractivity contribution >= 4 is 23.6 Å². The quantitative estimate of drug-likeness (QED) is 0.559. The Bertz CT molecular complexity index is 1000. The van der Waals surface area contributed by atoms with Gasteiger partial charge in [0.1, 0.15) is 0 Å². The summed E-state index contributed by atoms with van der Waals surface area (Å²) in [4.78, 5) is 49.8. The highest BCUT2D eigenvalue weighted by Crippen LogP contribution is 2.40. The fourth-order valence-corrected chi connectivity index (χ4v) is 3.87. The van der Waals surface area contributed by atoms with Crippen LogP contribution in [0.25, 0.3) is 0 Å². The summed E-state index contributed by atoms with van der Waals surface area (Å²) in [5.41, 5.74) is 0.475. The van der Waals surface area contributed by atoms with Crippen LogP contribution >= 0.6 is 0 Å². The number of rotatable bonds is 6. The van der Waals surface area contributed by atoms with Crippen molar-refractivity contribution in [2.75, 3.05) is 6.61 Å². The Hall–Kier alpha value is -3.48. The second-order valence-corrected chi connectivity index (χ2v) is 7.57. The van der Waals surface area contributed by atoms with Gasteiger partial charge in [-0.1, -0.05) is 56.3 Å². The molecule has 3 rings (SSSR count). The van der Waals surface area contributed by atoms with E-state index in [2.05, 4.69) is 10.1 Å². The smallest absolute Gasteiger partial charge is 0.450 e. The Morgan fingerprint density at radius 1 is 1.07 bits per heavy atom. The Labute approximate surface area is 174 Å². The maximum absolute atomic E-state index is 13.5.